The summed E-state index contributed by atoms with van der Waals surface area (Å²) in [4.78, 5) is 10.5. The molecule has 4 nitrogen and oxygen atoms in total. The lowest BCUT2D eigenvalue weighted by atomic mass is 9.99. The lowest BCUT2D eigenvalue weighted by Crippen LogP contribution is -2.19. The van der Waals surface area contributed by atoms with E-state index in [1.165, 1.54) is 15.1 Å². The van der Waals surface area contributed by atoms with Crippen LogP contribution in [-0.2, 0) is 11.3 Å². The van der Waals surface area contributed by atoms with Gasteiger partial charge in [0.25, 0.3) is 0 Å². The van der Waals surface area contributed by atoms with E-state index in [2.05, 4.69) is 54.5 Å². The number of hydrogen-bond donors (Lipinski definition) is 1. The van der Waals surface area contributed by atoms with Gasteiger partial charge in [-0.1, -0.05) is 19.9 Å². The first kappa shape index (κ1) is 18.0. The van der Waals surface area contributed by atoms with E-state index in [0.717, 1.165) is 36.4 Å². The van der Waals surface area contributed by atoms with Gasteiger partial charge in [0.15, 0.2) is 0 Å². The van der Waals surface area contributed by atoms with Gasteiger partial charge in [-0.2, -0.15) is 0 Å². The fraction of sp³-hybridized carbons (Fsp3) is 0.400. The predicted octanol–water partition coefficient (Wildman–Crippen LogP) is 4.61. The molecule has 25 heavy (non-hydrogen) atoms. The highest BCUT2D eigenvalue weighted by Gasteiger charge is 2.13. The van der Waals surface area contributed by atoms with Crippen LogP contribution in [0.15, 0.2) is 36.5 Å². The topological polar surface area (TPSA) is 47.0 Å². The molecule has 0 aliphatic carbocycles. The van der Waals surface area contributed by atoms with Crippen LogP contribution < -0.4 is 5.32 Å². The van der Waals surface area contributed by atoms with Crippen LogP contribution in [0.3, 0.4) is 0 Å². The molecular weight excluding hydrogens is 330 g/mol. The van der Waals surface area contributed by atoms with Crippen LogP contribution in [0.25, 0.3) is 20.8 Å². The van der Waals surface area contributed by atoms with Crippen molar-refractivity contribution in [2.75, 3.05) is 20.3 Å². The van der Waals surface area contributed by atoms with Crippen LogP contribution in [0, 0.1) is 0 Å². The number of methoxy groups -OCH3 is 1. The largest absolute Gasteiger partial charge is 0.383 e. The van der Waals surface area contributed by atoms with Crippen molar-refractivity contribution in [3.05, 3.63) is 47.8 Å². The normalized spacial score (nSPS) is 12.6. The smallest absolute Gasteiger partial charge is 0.0819 e. The number of ether oxygens (including phenoxy) is 1. The SMILES string of the molecule is CCC(C)c1ccnc2cc(-c3cccc(CNCCOC)n3)sc12. The Morgan fingerprint density at radius 3 is 2.96 bits per heavy atom. The van der Waals surface area contributed by atoms with Gasteiger partial charge in [-0.05, 0) is 42.2 Å². The first-order valence-corrected chi connectivity index (χ1v) is 9.59. The Kier molecular flexibility index (Phi) is 6.13. The summed E-state index contributed by atoms with van der Waals surface area (Å²) in [5.41, 5.74) is 4.52. The number of thiophene rings is 1. The number of fused-ring (bicyclic) bond motifs is 1. The molecule has 0 bridgehead atoms. The molecule has 0 saturated heterocycles. The minimum absolute atomic E-state index is 0.543. The van der Waals surface area contributed by atoms with Gasteiger partial charge in [-0.3, -0.25) is 9.97 Å². The highest BCUT2D eigenvalue weighted by molar-refractivity contribution is 7.22. The van der Waals surface area contributed by atoms with E-state index in [1.54, 1.807) is 18.4 Å². The number of pyridine rings is 2. The van der Waals surface area contributed by atoms with Gasteiger partial charge in [-0.25, -0.2) is 0 Å². The number of rotatable bonds is 8. The van der Waals surface area contributed by atoms with Crippen LogP contribution in [0.1, 0.15) is 37.4 Å². The van der Waals surface area contributed by atoms with Gasteiger partial charge < -0.3 is 10.1 Å². The molecule has 3 heterocycles. The van der Waals surface area contributed by atoms with Crippen LogP contribution in [0.4, 0.5) is 0 Å². The quantitative estimate of drug-likeness (QED) is 0.600. The summed E-state index contributed by atoms with van der Waals surface area (Å²) in [7, 11) is 1.71. The first-order chi connectivity index (χ1) is 12.2. The zero-order valence-electron chi connectivity index (χ0n) is 15.1. The van der Waals surface area contributed by atoms with Crippen molar-refractivity contribution in [1.29, 1.82) is 0 Å². The van der Waals surface area contributed by atoms with E-state index in [4.69, 9.17) is 9.72 Å². The second-order valence-corrected chi connectivity index (χ2v) is 7.27. The van der Waals surface area contributed by atoms with E-state index in [0.29, 0.717) is 12.5 Å². The molecule has 132 valence electrons. The Bertz CT molecular complexity index is 831. The van der Waals surface area contributed by atoms with Gasteiger partial charge in [0.05, 0.1) is 33.1 Å². The third-order valence-electron chi connectivity index (χ3n) is 4.43. The third-order valence-corrected chi connectivity index (χ3v) is 5.63. The zero-order valence-corrected chi connectivity index (χ0v) is 15.9. The van der Waals surface area contributed by atoms with E-state index in [1.807, 2.05) is 6.20 Å². The molecule has 0 saturated carbocycles. The molecule has 3 aromatic heterocycles. The molecule has 0 spiro atoms. The highest BCUT2D eigenvalue weighted by Crippen LogP contribution is 2.36. The van der Waals surface area contributed by atoms with Crippen LogP contribution in [0.5, 0.6) is 0 Å². The molecule has 1 N–H and O–H groups in total. The maximum absolute atomic E-state index is 5.06. The molecule has 0 aliphatic heterocycles. The van der Waals surface area contributed by atoms with Crippen molar-refractivity contribution < 1.29 is 4.74 Å². The molecule has 1 unspecified atom stereocenters. The van der Waals surface area contributed by atoms with Gasteiger partial charge >= 0.3 is 0 Å². The molecule has 0 aromatic carbocycles. The number of nitrogens with zero attached hydrogens (tertiary/aromatic N) is 2. The van der Waals surface area contributed by atoms with Gasteiger partial charge in [0.2, 0.25) is 0 Å². The van der Waals surface area contributed by atoms with Crippen LogP contribution in [-0.4, -0.2) is 30.2 Å². The molecule has 0 radical (unpaired) electrons. The average Bonchev–Trinajstić information content (AvgIpc) is 3.09. The first-order valence-electron chi connectivity index (χ1n) is 8.77. The minimum Gasteiger partial charge on any atom is -0.383 e. The maximum Gasteiger partial charge on any atom is 0.0819 e. The third kappa shape index (κ3) is 4.24. The standard InChI is InChI=1S/C20H25N3OS/c1-4-14(2)16-8-9-22-18-12-19(25-20(16)18)17-7-5-6-15(23-17)13-21-10-11-24-3/h5-9,12,14,21H,4,10-11,13H2,1-3H3. The summed E-state index contributed by atoms with van der Waals surface area (Å²) in [5.74, 6) is 0.543. The van der Waals surface area contributed by atoms with Crippen molar-refractivity contribution >= 4 is 21.6 Å². The fourth-order valence-corrected chi connectivity index (χ4v) is 4.01. The molecule has 0 amide bonds. The lowest BCUT2D eigenvalue weighted by molar-refractivity contribution is 0.199. The van der Waals surface area contributed by atoms with E-state index < -0.39 is 0 Å². The molecule has 3 rings (SSSR count). The average molecular weight is 356 g/mol. The van der Waals surface area contributed by atoms with Crippen molar-refractivity contribution in [3.63, 3.8) is 0 Å². The molecular formula is C20H25N3OS. The van der Waals surface area contributed by atoms with Crippen molar-refractivity contribution in [1.82, 2.24) is 15.3 Å². The van der Waals surface area contributed by atoms with Gasteiger partial charge in [-0.15, -0.1) is 11.3 Å². The highest BCUT2D eigenvalue weighted by atomic mass is 32.1. The van der Waals surface area contributed by atoms with E-state index in [9.17, 15) is 0 Å². The Morgan fingerprint density at radius 1 is 1.28 bits per heavy atom. The lowest BCUT2D eigenvalue weighted by Gasteiger charge is -2.09. The zero-order chi connectivity index (χ0) is 17.6. The Labute approximate surface area is 153 Å². The Morgan fingerprint density at radius 2 is 2.16 bits per heavy atom. The molecule has 5 heteroatoms. The van der Waals surface area contributed by atoms with Crippen LogP contribution in [0.2, 0.25) is 0 Å². The summed E-state index contributed by atoms with van der Waals surface area (Å²) < 4.78 is 6.35. The number of nitrogens with one attached hydrogen (secondary N) is 1. The predicted molar refractivity (Wildman–Crippen MR) is 105 cm³/mol. The van der Waals surface area contributed by atoms with Gasteiger partial charge in [0.1, 0.15) is 0 Å². The monoisotopic (exact) mass is 355 g/mol. The summed E-state index contributed by atoms with van der Waals surface area (Å²) in [6, 6.07) is 10.5. The number of aromatic nitrogens is 2. The van der Waals surface area contributed by atoms with Gasteiger partial charge in [0, 0.05) is 26.4 Å². The summed E-state index contributed by atoms with van der Waals surface area (Å²) in [6.07, 6.45) is 3.05. The van der Waals surface area contributed by atoms with Crippen molar-refractivity contribution in [2.45, 2.75) is 32.7 Å². The fourth-order valence-electron chi connectivity index (χ4n) is 2.80. The summed E-state index contributed by atoms with van der Waals surface area (Å²) >= 11 is 1.80. The Balaban J connectivity index is 1.86. The van der Waals surface area contributed by atoms with Crippen molar-refractivity contribution in [3.8, 4) is 10.6 Å². The van der Waals surface area contributed by atoms with Crippen LogP contribution >= 0.6 is 11.3 Å². The minimum atomic E-state index is 0.543. The molecule has 0 fully saturated rings. The van der Waals surface area contributed by atoms with Crippen molar-refractivity contribution in [2.24, 2.45) is 0 Å². The maximum atomic E-state index is 5.06. The van der Waals surface area contributed by atoms with E-state index in [-0.39, 0.29) is 0 Å². The number of hydrogen-bond acceptors (Lipinski definition) is 5. The Hall–Kier alpha value is -1.82. The summed E-state index contributed by atoms with van der Waals surface area (Å²) in [5, 5.41) is 3.34. The molecule has 3 aromatic rings. The summed E-state index contributed by atoms with van der Waals surface area (Å²) in [6.45, 7) is 6.79. The molecule has 0 aliphatic rings. The van der Waals surface area contributed by atoms with E-state index >= 15 is 0 Å². The molecule has 1 atom stereocenters. The second kappa shape index (κ2) is 8.52. The second-order valence-electron chi connectivity index (χ2n) is 6.22.